The summed E-state index contributed by atoms with van der Waals surface area (Å²) in [7, 11) is 2.87. The first-order valence-corrected chi connectivity index (χ1v) is 5.14. The average Bonchev–Trinajstić information content (AvgIpc) is 2.26. The maximum Gasteiger partial charge on any atom is 0.303 e. The molecular formula is C12H15FO4. The molecule has 0 heterocycles. The van der Waals surface area contributed by atoms with Crippen LogP contribution in [0.3, 0.4) is 0 Å². The number of methoxy groups -OCH3 is 2. The molecule has 0 amide bonds. The summed E-state index contributed by atoms with van der Waals surface area (Å²) in [5.74, 6) is -1.32. The fraction of sp³-hybridized carbons (Fsp3) is 0.417. The molecule has 0 fully saturated rings. The number of hydrogen-bond acceptors (Lipinski definition) is 3. The Morgan fingerprint density at radius 2 is 2.12 bits per heavy atom. The predicted molar refractivity (Wildman–Crippen MR) is 59.6 cm³/mol. The molecule has 1 aromatic rings. The number of aryl methyl sites for hydroxylation is 1. The Hall–Kier alpha value is -1.62. The highest BCUT2D eigenvalue weighted by Gasteiger charge is 2.12. The van der Waals surface area contributed by atoms with Crippen LogP contribution >= 0.6 is 0 Å². The molecule has 5 heteroatoms. The Morgan fingerprint density at radius 1 is 1.41 bits per heavy atom. The number of carboxylic acids is 1. The van der Waals surface area contributed by atoms with Crippen molar-refractivity contribution in [1.82, 2.24) is 0 Å². The number of rotatable bonds is 6. The first kappa shape index (κ1) is 13.4. The summed E-state index contributed by atoms with van der Waals surface area (Å²) in [5.41, 5.74) is 1.20. The highest BCUT2D eigenvalue weighted by Crippen LogP contribution is 2.26. The third kappa shape index (κ3) is 3.71. The Balaban J connectivity index is 3.00. The number of aliphatic carboxylic acids is 1. The molecule has 0 atom stereocenters. The van der Waals surface area contributed by atoms with Gasteiger partial charge < -0.3 is 14.6 Å². The third-order valence-electron chi connectivity index (χ3n) is 2.30. The number of hydrogen-bond donors (Lipinski definition) is 1. The molecule has 1 aromatic carbocycles. The highest BCUT2D eigenvalue weighted by atomic mass is 19.1. The van der Waals surface area contributed by atoms with E-state index in [-0.39, 0.29) is 25.2 Å². The fourth-order valence-corrected chi connectivity index (χ4v) is 1.62. The minimum atomic E-state index is -0.926. The predicted octanol–water partition coefficient (Wildman–Crippen LogP) is 2.00. The van der Waals surface area contributed by atoms with Gasteiger partial charge in [0.1, 0.15) is 0 Å². The zero-order valence-electron chi connectivity index (χ0n) is 9.83. The zero-order valence-corrected chi connectivity index (χ0v) is 9.83. The third-order valence-corrected chi connectivity index (χ3v) is 2.30. The van der Waals surface area contributed by atoms with Gasteiger partial charge in [0, 0.05) is 13.5 Å². The van der Waals surface area contributed by atoms with Crippen LogP contribution in [-0.2, 0) is 22.6 Å². The van der Waals surface area contributed by atoms with E-state index in [1.54, 1.807) is 6.07 Å². The summed E-state index contributed by atoms with van der Waals surface area (Å²) in [6, 6.07) is 3.03. The van der Waals surface area contributed by atoms with Crippen LogP contribution in [0.15, 0.2) is 12.1 Å². The maximum absolute atomic E-state index is 13.6. The van der Waals surface area contributed by atoms with E-state index in [9.17, 15) is 9.18 Å². The van der Waals surface area contributed by atoms with Gasteiger partial charge in [-0.25, -0.2) is 4.39 Å². The van der Waals surface area contributed by atoms with E-state index in [1.165, 1.54) is 20.3 Å². The monoisotopic (exact) mass is 242 g/mol. The van der Waals surface area contributed by atoms with Crippen molar-refractivity contribution in [3.8, 4) is 5.75 Å². The van der Waals surface area contributed by atoms with E-state index in [2.05, 4.69) is 0 Å². The number of benzene rings is 1. The number of carboxylic acid groups (broad SMARTS) is 1. The molecule has 17 heavy (non-hydrogen) atoms. The molecule has 94 valence electrons. The lowest BCUT2D eigenvalue weighted by atomic mass is 10.0. The summed E-state index contributed by atoms with van der Waals surface area (Å²) >= 11 is 0. The first-order chi connectivity index (χ1) is 8.08. The van der Waals surface area contributed by atoms with Crippen molar-refractivity contribution in [1.29, 1.82) is 0 Å². The molecule has 0 saturated heterocycles. The number of halogens is 1. The molecule has 4 nitrogen and oxygen atoms in total. The first-order valence-electron chi connectivity index (χ1n) is 5.14. The second-order valence-corrected chi connectivity index (χ2v) is 3.60. The highest BCUT2D eigenvalue weighted by molar-refractivity contribution is 5.67. The van der Waals surface area contributed by atoms with Crippen molar-refractivity contribution < 1.29 is 23.8 Å². The van der Waals surface area contributed by atoms with E-state index >= 15 is 0 Å². The second-order valence-electron chi connectivity index (χ2n) is 3.60. The minimum Gasteiger partial charge on any atom is -0.493 e. The summed E-state index contributed by atoms with van der Waals surface area (Å²) < 4.78 is 23.5. The lowest BCUT2D eigenvalue weighted by Gasteiger charge is -2.11. The molecule has 0 radical (unpaired) electrons. The van der Waals surface area contributed by atoms with Crippen LogP contribution in [0.25, 0.3) is 0 Å². The molecule has 0 aromatic heterocycles. The normalized spacial score (nSPS) is 10.3. The molecular weight excluding hydrogens is 227 g/mol. The Kier molecular flexibility index (Phi) is 4.90. The van der Waals surface area contributed by atoms with Gasteiger partial charge in [-0.1, -0.05) is 0 Å². The van der Waals surface area contributed by atoms with Gasteiger partial charge in [-0.3, -0.25) is 4.79 Å². The van der Waals surface area contributed by atoms with E-state index in [4.69, 9.17) is 14.6 Å². The van der Waals surface area contributed by atoms with Crippen molar-refractivity contribution in [3.63, 3.8) is 0 Å². The second kappa shape index (κ2) is 6.20. The van der Waals surface area contributed by atoms with Gasteiger partial charge in [0.2, 0.25) is 0 Å². The molecule has 1 rings (SSSR count). The van der Waals surface area contributed by atoms with Gasteiger partial charge in [-0.2, -0.15) is 0 Å². The van der Waals surface area contributed by atoms with Gasteiger partial charge >= 0.3 is 5.97 Å². The topological polar surface area (TPSA) is 55.8 Å². The van der Waals surface area contributed by atoms with Crippen LogP contribution in [0.5, 0.6) is 5.75 Å². The number of ether oxygens (including phenoxy) is 2. The van der Waals surface area contributed by atoms with E-state index in [1.807, 2.05) is 0 Å². The molecule has 0 aliphatic rings. The lowest BCUT2D eigenvalue weighted by Crippen LogP contribution is -2.03. The molecule has 1 N–H and O–H groups in total. The van der Waals surface area contributed by atoms with Gasteiger partial charge in [0.05, 0.1) is 13.7 Å². The van der Waals surface area contributed by atoms with Crippen LogP contribution < -0.4 is 4.74 Å². The summed E-state index contributed by atoms with van der Waals surface area (Å²) in [4.78, 5) is 10.5. The van der Waals surface area contributed by atoms with E-state index < -0.39 is 11.8 Å². The van der Waals surface area contributed by atoms with Crippen LogP contribution in [0.4, 0.5) is 4.39 Å². The Morgan fingerprint density at radius 3 is 2.65 bits per heavy atom. The summed E-state index contributed by atoms with van der Waals surface area (Å²) in [6.45, 7) is 0.279. The smallest absolute Gasteiger partial charge is 0.303 e. The van der Waals surface area contributed by atoms with Gasteiger partial charge in [0.15, 0.2) is 11.6 Å². The van der Waals surface area contributed by atoms with E-state index in [0.717, 1.165) is 0 Å². The maximum atomic E-state index is 13.6. The quantitative estimate of drug-likeness (QED) is 0.828. The Labute approximate surface area is 99.0 Å². The SMILES string of the molecule is COCc1cc(F)c(OC)c(CCC(=O)O)c1. The van der Waals surface area contributed by atoms with Crippen molar-refractivity contribution in [2.45, 2.75) is 19.4 Å². The molecule has 0 unspecified atom stereocenters. The molecule has 0 bridgehead atoms. The van der Waals surface area contributed by atoms with Gasteiger partial charge in [-0.15, -0.1) is 0 Å². The van der Waals surface area contributed by atoms with Crippen LogP contribution in [0, 0.1) is 5.82 Å². The Bertz CT molecular complexity index is 404. The van der Waals surface area contributed by atoms with Crippen molar-refractivity contribution in [2.75, 3.05) is 14.2 Å². The zero-order chi connectivity index (χ0) is 12.8. The van der Waals surface area contributed by atoms with Crippen molar-refractivity contribution >= 4 is 5.97 Å². The molecule has 0 saturated carbocycles. The molecule has 0 aliphatic heterocycles. The largest absolute Gasteiger partial charge is 0.493 e. The number of carbonyl (C=O) groups is 1. The fourth-order valence-electron chi connectivity index (χ4n) is 1.62. The molecule has 0 spiro atoms. The van der Waals surface area contributed by atoms with Crippen LogP contribution in [0.1, 0.15) is 17.5 Å². The standard InChI is InChI=1S/C12H15FO4/c1-16-7-8-5-9(3-4-11(14)15)12(17-2)10(13)6-8/h5-6H,3-4,7H2,1-2H3,(H,14,15). The average molecular weight is 242 g/mol. The van der Waals surface area contributed by atoms with Crippen LogP contribution in [0.2, 0.25) is 0 Å². The van der Waals surface area contributed by atoms with Crippen molar-refractivity contribution in [2.24, 2.45) is 0 Å². The molecule has 0 aliphatic carbocycles. The van der Waals surface area contributed by atoms with Crippen LogP contribution in [-0.4, -0.2) is 25.3 Å². The summed E-state index contributed by atoms with van der Waals surface area (Å²) in [5, 5.41) is 8.62. The van der Waals surface area contributed by atoms with E-state index in [0.29, 0.717) is 11.1 Å². The van der Waals surface area contributed by atoms with Gasteiger partial charge in [-0.05, 0) is 29.7 Å². The lowest BCUT2D eigenvalue weighted by molar-refractivity contribution is -0.136. The minimum absolute atomic E-state index is 0.0633. The summed E-state index contributed by atoms with van der Waals surface area (Å²) in [6.07, 6.45) is 0.166. The van der Waals surface area contributed by atoms with Crippen molar-refractivity contribution in [3.05, 3.63) is 29.1 Å². The van der Waals surface area contributed by atoms with Gasteiger partial charge in [0.25, 0.3) is 0 Å².